The third kappa shape index (κ3) is 5.76. The van der Waals surface area contributed by atoms with Crippen LogP contribution >= 0.6 is 0 Å². The van der Waals surface area contributed by atoms with Crippen molar-refractivity contribution in [3.05, 3.63) is 54.2 Å². The molecule has 128 valence electrons. The number of aliphatic hydroxyl groups excluding tert-OH is 1. The van der Waals surface area contributed by atoms with E-state index in [4.69, 9.17) is 0 Å². The average Bonchev–Trinajstić information content (AvgIpc) is 2.53. The third-order valence-corrected chi connectivity index (χ3v) is 2.86. The normalized spacial score (nSPS) is 12.3. The van der Waals surface area contributed by atoms with Gasteiger partial charge in [0.05, 0.1) is 6.10 Å². The van der Waals surface area contributed by atoms with E-state index in [1.54, 1.807) is 18.2 Å². The topological polar surface area (TPSA) is 83.5 Å². The Balaban J connectivity index is 1.83. The predicted molar refractivity (Wildman–Crippen MR) is 79.3 cm³/mol. The summed E-state index contributed by atoms with van der Waals surface area (Å²) in [6.07, 6.45) is -4.35. The first-order valence-electron chi connectivity index (χ1n) is 6.83. The van der Waals surface area contributed by atoms with Gasteiger partial charge in [0.1, 0.15) is 11.6 Å². The predicted octanol–water partition coefficient (Wildman–Crippen LogP) is 2.84. The summed E-state index contributed by atoms with van der Waals surface area (Å²) in [5, 5.41) is 14.8. The number of aromatic nitrogens is 1. The number of carbonyl (C=O) groups is 1. The van der Waals surface area contributed by atoms with Gasteiger partial charge in [0.25, 0.3) is 0 Å². The summed E-state index contributed by atoms with van der Waals surface area (Å²) in [6, 6.07) is 9.15. The van der Waals surface area contributed by atoms with Crippen molar-refractivity contribution in [1.29, 1.82) is 0 Å². The maximum absolute atomic E-state index is 12.1. The Hall–Kier alpha value is -2.81. The standard InChI is InChI=1S/C15H14F3N3O3/c16-15(17,18)24-11-6-4-10(5-7-11)12(22)9-20-14(23)21-13-3-1-2-8-19-13/h1-8,12,22H,9H2,(H2,19,20,21,23). The van der Waals surface area contributed by atoms with E-state index in [1.807, 2.05) is 0 Å². The summed E-state index contributed by atoms with van der Waals surface area (Å²) in [6.45, 7) is -0.127. The zero-order valence-electron chi connectivity index (χ0n) is 12.2. The number of urea groups is 1. The number of amides is 2. The second-order valence-corrected chi connectivity index (χ2v) is 4.68. The lowest BCUT2D eigenvalue weighted by Crippen LogP contribution is -2.32. The number of halogens is 3. The van der Waals surface area contributed by atoms with E-state index in [9.17, 15) is 23.1 Å². The van der Waals surface area contributed by atoms with E-state index >= 15 is 0 Å². The van der Waals surface area contributed by atoms with Gasteiger partial charge in [0.15, 0.2) is 0 Å². The number of aliphatic hydroxyl groups is 1. The lowest BCUT2D eigenvalue weighted by atomic mass is 10.1. The number of hydrogen-bond donors (Lipinski definition) is 3. The van der Waals surface area contributed by atoms with Crippen LogP contribution in [0.15, 0.2) is 48.7 Å². The fourth-order valence-corrected chi connectivity index (χ4v) is 1.80. The summed E-state index contributed by atoms with van der Waals surface area (Å²) in [4.78, 5) is 15.5. The van der Waals surface area contributed by atoms with Gasteiger partial charge in [-0.15, -0.1) is 13.2 Å². The second-order valence-electron chi connectivity index (χ2n) is 4.68. The molecule has 0 fully saturated rings. The van der Waals surface area contributed by atoms with E-state index in [1.165, 1.54) is 18.3 Å². The van der Waals surface area contributed by atoms with Crippen LogP contribution in [0, 0.1) is 0 Å². The molecule has 6 nitrogen and oxygen atoms in total. The molecule has 0 aliphatic rings. The lowest BCUT2D eigenvalue weighted by Gasteiger charge is -2.14. The van der Waals surface area contributed by atoms with Gasteiger partial charge in [-0.25, -0.2) is 9.78 Å². The van der Waals surface area contributed by atoms with Gasteiger partial charge in [-0.2, -0.15) is 0 Å². The van der Waals surface area contributed by atoms with Gasteiger partial charge in [-0.3, -0.25) is 5.32 Å². The molecule has 2 aromatic rings. The average molecular weight is 341 g/mol. The van der Waals surface area contributed by atoms with E-state index < -0.39 is 18.5 Å². The number of pyridine rings is 1. The highest BCUT2D eigenvalue weighted by atomic mass is 19.4. The Morgan fingerprint density at radius 2 is 1.92 bits per heavy atom. The smallest absolute Gasteiger partial charge is 0.406 e. The summed E-state index contributed by atoms with van der Waals surface area (Å²) < 4.78 is 39.9. The van der Waals surface area contributed by atoms with Gasteiger partial charge < -0.3 is 15.2 Å². The molecule has 0 saturated heterocycles. The van der Waals surface area contributed by atoms with Crippen LogP contribution < -0.4 is 15.4 Å². The van der Waals surface area contributed by atoms with E-state index in [-0.39, 0.29) is 12.3 Å². The largest absolute Gasteiger partial charge is 0.573 e. The first-order chi connectivity index (χ1) is 11.3. The molecule has 24 heavy (non-hydrogen) atoms. The molecule has 1 heterocycles. The maximum Gasteiger partial charge on any atom is 0.573 e. The second kappa shape index (κ2) is 7.64. The van der Waals surface area contributed by atoms with Gasteiger partial charge in [-0.1, -0.05) is 18.2 Å². The molecular weight excluding hydrogens is 327 g/mol. The molecular formula is C15H14F3N3O3. The van der Waals surface area contributed by atoms with Crippen LogP contribution in [0.2, 0.25) is 0 Å². The van der Waals surface area contributed by atoms with Crippen molar-refractivity contribution >= 4 is 11.8 Å². The molecule has 2 rings (SSSR count). The van der Waals surface area contributed by atoms with Crippen LogP contribution in [0.25, 0.3) is 0 Å². The summed E-state index contributed by atoms with van der Waals surface area (Å²) in [7, 11) is 0. The Kier molecular flexibility index (Phi) is 5.59. The number of nitrogens with one attached hydrogen (secondary N) is 2. The molecule has 0 aliphatic carbocycles. The van der Waals surface area contributed by atoms with Crippen LogP contribution in [0.1, 0.15) is 11.7 Å². The molecule has 0 saturated carbocycles. The minimum Gasteiger partial charge on any atom is -0.406 e. The van der Waals surface area contributed by atoms with Crippen molar-refractivity contribution < 1.29 is 27.8 Å². The van der Waals surface area contributed by atoms with Crippen LogP contribution in [0.5, 0.6) is 5.75 Å². The molecule has 0 radical (unpaired) electrons. The number of rotatable bonds is 5. The lowest BCUT2D eigenvalue weighted by molar-refractivity contribution is -0.274. The molecule has 1 aromatic heterocycles. The number of benzene rings is 1. The van der Waals surface area contributed by atoms with Crippen LogP contribution in [0.3, 0.4) is 0 Å². The zero-order valence-corrected chi connectivity index (χ0v) is 12.2. The molecule has 0 bridgehead atoms. The first kappa shape index (κ1) is 17.5. The Morgan fingerprint density at radius 1 is 1.21 bits per heavy atom. The number of carbonyl (C=O) groups excluding carboxylic acids is 1. The number of hydrogen-bond acceptors (Lipinski definition) is 4. The fraction of sp³-hybridized carbons (Fsp3) is 0.200. The van der Waals surface area contributed by atoms with Crippen molar-refractivity contribution in [2.45, 2.75) is 12.5 Å². The Morgan fingerprint density at radius 3 is 2.50 bits per heavy atom. The fourth-order valence-electron chi connectivity index (χ4n) is 1.80. The number of nitrogens with zero attached hydrogens (tertiary/aromatic N) is 1. The molecule has 1 unspecified atom stereocenters. The van der Waals surface area contributed by atoms with Crippen LogP contribution in [-0.4, -0.2) is 29.0 Å². The number of ether oxygens (including phenoxy) is 1. The molecule has 2 amide bonds. The molecule has 1 aromatic carbocycles. The van der Waals surface area contributed by atoms with Crippen molar-refractivity contribution in [3.63, 3.8) is 0 Å². The molecule has 1 atom stereocenters. The highest BCUT2D eigenvalue weighted by Gasteiger charge is 2.31. The molecule has 3 N–H and O–H groups in total. The van der Waals surface area contributed by atoms with Gasteiger partial charge in [-0.05, 0) is 29.8 Å². The molecule has 9 heteroatoms. The SMILES string of the molecule is O=C(NCC(O)c1ccc(OC(F)(F)F)cc1)Nc1ccccn1. The molecule has 0 spiro atoms. The van der Waals surface area contributed by atoms with E-state index in [0.717, 1.165) is 12.1 Å². The number of alkyl halides is 3. The summed E-state index contributed by atoms with van der Waals surface area (Å²) in [5.41, 5.74) is 0.336. The summed E-state index contributed by atoms with van der Waals surface area (Å²) in [5.74, 6) is -0.0440. The monoisotopic (exact) mass is 341 g/mol. The van der Waals surface area contributed by atoms with Crippen molar-refractivity contribution in [2.75, 3.05) is 11.9 Å². The zero-order chi connectivity index (χ0) is 17.6. The Bertz CT molecular complexity index is 663. The first-order valence-corrected chi connectivity index (χ1v) is 6.83. The highest BCUT2D eigenvalue weighted by molar-refractivity contribution is 5.88. The van der Waals surface area contributed by atoms with Crippen LogP contribution in [0.4, 0.5) is 23.8 Å². The Labute approximate surface area is 135 Å². The van der Waals surface area contributed by atoms with Gasteiger partial charge >= 0.3 is 12.4 Å². The maximum atomic E-state index is 12.1. The quantitative estimate of drug-likeness (QED) is 0.781. The number of anilines is 1. The third-order valence-electron chi connectivity index (χ3n) is 2.86. The minimum atomic E-state index is -4.77. The highest BCUT2D eigenvalue weighted by Crippen LogP contribution is 2.24. The van der Waals surface area contributed by atoms with E-state index in [0.29, 0.717) is 11.4 Å². The van der Waals surface area contributed by atoms with Crippen LogP contribution in [-0.2, 0) is 0 Å². The van der Waals surface area contributed by atoms with Crippen molar-refractivity contribution in [1.82, 2.24) is 10.3 Å². The van der Waals surface area contributed by atoms with Gasteiger partial charge in [0, 0.05) is 12.7 Å². The van der Waals surface area contributed by atoms with Gasteiger partial charge in [0.2, 0.25) is 0 Å². The van der Waals surface area contributed by atoms with Crippen molar-refractivity contribution in [3.8, 4) is 5.75 Å². The van der Waals surface area contributed by atoms with E-state index in [2.05, 4.69) is 20.4 Å². The van der Waals surface area contributed by atoms with Crippen molar-refractivity contribution in [2.24, 2.45) is 0 Å². The minimum absolute atomic E-state index is 0.127. The molecule has 0 aliphatic heterocycles. The summed E-state index contributed by atoms with van der Waals surface area (Å²) >= 11 is 0.